The maximum atomic E-state index is 5.29. The number of allylic oxidation sites excluding steroid dienone is 4. The van der Waals surface area contributed by atoms with E-state index in [1.165, 1.54) is 25.7 Å². The highest BCUT2D eigenvalue weighted by Crippen LogP contribution is 2.18. The molecule has 0 spiro atoms. The second kappa shape index (κ2) is 4.85. The quantitative estimate of drug-likeness (QED) is 0.699. The standard InChI is InChI=1S/C13H16O/c1-2-6-12(7-3-1)8-4-9-13-10-5-11-14-13/h1-2,5-6,10-11H,3-4,7-9H2. The first-order valence-electron chi connectivity index (χ1n) is 5.32. The largest absolute Gasteiger partial charge is 0.469 e. The highest BCUT2D eigenvalue weighted by atomic mass is 16.3. The van der Waals surface area contributed by atoms with Gasteiger partial charge in [-0.05, 0) is 37.8 Å². The van der Waals surface area contributed by atoms with Crippen molar-refractivity contribution in [2.45, 2.75) is 32.1 Å². The molecule has 1 aliphatic carbocycles. The molecule has 0 saturated carbocycles. The maximum absolute atomic E-state index is 5.29. The third kappa shape index (κ3) is 2.63. The zero-order valence-electron chi connectivity index (χ0n) is 8.41. The van der Waals surface area contributed by atoms with Gasteiger partial charge in [-0.15, -0.1) is 0 Å². The summed E-state index contributed by atoms with van der Waals surface area (Å²) in [5.74, 6) is 1.11. The van der Waals surface area contributed by atoms with Crippen LogP contribution >= 0.6 is 0 Å². The third-order valence-electron chi connectivity index (χ3n) is 2.60. The van der Waals surface area contributed by atoms with Crippen LogP contribution in [0.2, 0.25) is 0 Å². The summed E-state index contributed by atoms with van der Waals surface area (Å²) in [5.41, 5.74) is 1.58. The van der Waals surface area contributed by atoms with E-state index in [4.69, 9.17) is 4.42 Å². The smallest absolute Gasteiger partial charge is 0.103 e. The Morgan fingerprint density at radius 3 is 3.00 bits per heavy atom. The molecular weight excluding hydrogens is 172 g/mol. The molecule has 1 nitrogen and oxygen atoms in total. The Morgan fingerprint density at radius 2 is 2.29 bits per heavy atom. The number of aryl methyl sites for hydroxylation is 1. The van der Waals surface area contributed by atoms with Gasteiger partial charge in [0.25, 0.3) is 0 Å². The molecule has 0 N–H and O–H groups in total. The molecule has 1 heteroatoms. The van der Waals surface area contributed by atoms with Gasteiger partial charge >= 0.3 is 0 Å². The third-order valence-corrected chi connectivity index (χ3v) is 2.60. The summed E-state index contributed by atoms with van der Waals surface area (Å²) in [6.45, 7) is 0. The van der Waals surface area contributed by atoms with E-state index in [-0.39, 0.29) is 0 Å². The van der Waals surface area contributed by atoms with Crippen molar-refractivity contribution >= 4 is 0 Å². The van der Waals surface area contributed by atoms with Crippen molar-refractivity contribution in [2.24, 2.45) is 0 Å². The molecule has 0 aromatic carbocycles. The van der Waals surface area contributed by atoms with E-state index in [0.717, 1.165) is 12.2 Å². The van der Waals surface area contributed by atoms with E-state index < -0.39 is 0 Å². The minimum Gasteiger partial charge on any atom is -0.469 e. The zero-order chi connectivity index (χ0) is 9.64. The molecule has 1 aliphatic rings. The lowest BCUT2D eigenvalue weighted by Crippen LogP contribution is -1.89. The van der Waals surface area contributed by atoms with Crippen molar-refractivity contribution in [3.05, 3.63) is 48.0 Å². The molecule has 0 bridgehead atoms. The van der Waals surface area contributed by atoms with Crippen LogP contribution in [0, 0.1) is 0 Å². The Kier molecular flexibility index (Phi) is 3.23. The molecule has 0 aliphatic heterocycles. The molecule has 2 rings (SSSR count). The van der Waals surface area contributed by atoms with Gasteiger partial charge in [-0.3, -0.25) is 0 Å². The van der Waals surface area contributed by atoms with Gasteiger partial charge in [-0.1, -0.05) is 23.8 Å². The number of rotatable bonds is 4. The first-order valence-corrected chi connectivity index (χ1v) is 5.32. The summed E-state index contributed by atoms with van der Waals surface area (Å²) in [7, 11) is 0. The fraction of sp³-hybridized carbons (Fsp3) is 0.385. The number of hydrogen-bond donors (Lipinski definition) is 0. The highest BCUT2D eigenvalue weighted by molar-refractivity contribution is 5.17. The van der Waals surface area contributed by atoms with Crippen molar-refractivity contribution in [1.29, 1.82) is 0 Å². The first-order chi connectivity index (χ1) is 6.95. The SMILES string of the molecule is C1=CCCC(CCCc2ccco2)=C1. The summed E-state index contributed by atoms with van der Waals surface area (Å²) in [6, 6.07) is 4.01. The Balaban J connectivity index is 1.72. The van der Waals surface area contributed by atoms with Gasteiger partial charge in [0, 0.05) is 6.42 Å². The molecule has 14 heavy (non-hydrogen) atoms. The van der Waals surface area contributed by atoms with Gasteiger partial charge in [-0.25, -0.2) is 0 Å². The van der Waals surface area contributed by atoms with E-state index in [2.05, 4.69) is 24.3 Å². The second-order valence-corrected chi connectivity index (χ2v) is 3.72. The Labute approximate surface area is 85.1 Å². The molecule has 0 saturated heterocycles. The molecule has 0 atom stereocenters. The van der Waals surface area contributed by atoms with Crippen LogP contribution in [-0.2, 0) is 6.42 Å². The minimum absolute atomic E-state index is 1.06. The maximum Gasteiger partial charge on any atom is 0.103 e. The minimum atomic E-state index is 1.06. The molecule has 0 fully saturated rings. The average Bonchev–Trinajstić information content (AvgIpc) is 2.72. The molecule has 1 aromatic rings. The Bertz CT molecular complexity index is 317. The topological polar surface area (TPSA) is 13.1 Å². The Morgan fingerprint density at radius 1 is 1.29 bits per heavy atom. The molecule has 1 heterocycles. The van der Waals surface area contributed by atoms with E-state index in [1.807, 2.05) is 6.07 Å². The van der Waals surface area contributed by atoms with Crippen molar-refractivity contribution in [3.63, 3.8) is 0 Å². The van der Waals surface area contributed by atoms with Crippen LogP contribution in [0.3, 0.4) is 0 Å². The van der Waals surface area contributed by atoms with Crippen LogP contribution in [0.1, 0.15) is 31.4 Å². The molecule has 1 aromatic heterocycles. The summed E-state index contributed by atoms with van der Waals surface area (Å²) < 4.78 is 5.29. The number of hydrogen-bond acceptors (Lipinski definition) is 1. The van der Waals surface area contributed by atoms with Crippen LogP contribution in [0.5, 0.6) is 0 Å². The normalized spacial score (nSPS) is 15.6. The molecule has 0 unspecified atom stereocenters. The fourth-order valence-electron chi connectivity index (χ4n) is 1.81. The van der Waals surface area contributed by atoms with Crippen LogP contribution in [0.15, 0.2) is 46.6 Å². The first kappa shape index (κ1) is 9.32. The van der Waals surface area contributed by atoms with Crippen molar-refractivity contribution in [3.8, 4) is 0 Å². The van der Waals surface area contributed by atoms with E-state index >= 15 is 0 Å². The predicted octanol–water partition coefficient (Wildman–Crippen LogP) is 3.88. The molecule has 0 amide bonds. The summed E-state index contributed by atoms with van der Waals surface area (Å²) in [5, 5.41) is 0. The van der Waals surface area contributed by atoms with Gasteiger partial charge in [0.05, 0.1) is 6.26 Å². The van der Waals surface area contributed by atoms with E-state index in [1.54, 1.807) is 11.8 Å². The summed E-state index contributed by atoms with van der Waals surface area (Å²) in [6.07, 6.45) is 14.3. The molecule has 0 radical (unpaired) electrons. The summed E-state index contributed by atoms with van der Waals surface area (Å²) >= 11 is 0. The summed E-state index contributed by atoms with van der Waals surface area (Å²) in [4.78, 5) is 0. The van der Waals surface area contributed by atoms with Crippen molar-refractivity contribution < 1.29 is 4.42 Å². The molecule has 74 valence electrons. The van der Waals surface area contributed by atoms with Crippen LogP contribution in [-0.4, -0.2) is 0 Å². The van der Waals surface area contributed by atoms with Gasteiger partial charge < -0.3 is 4.42 Å². The van der Waals surface area contributed by atoms with Gasteiger partial charge in [0.1, 0.15) is 5.76 Å². The van der Waals surface area contributed by atoms with Gasteiger partial charge in [0.15, 0.2) is 0 Å². The predicted molar refractivity (Wildman–Crippen MR) is 58.1 cm³/mol. The van der Waals surface area contributed by atoms with Crippen molar-refractivity contribution in [2.75, 3.05) is 0 Å². The van der Waals surface area contributed by atoms with Gasteiger partial charge in [-0.2, -0.15) is 0 Å². The lowest BCUT2D eigenvalue weighted by atomic mass is 9.99. The van der Waals surface area contributed by atoms with Crippen LogP contribution in [0.25, 0.3) is 0 Å². The van der Waals surface area contributed by atoms with Crippen molar-refractivity contribution in [1.82, 2.24) is 0 Å². The van der Waals surface area contributed by atoms with E-state index in [9.17, 15) is 0 Å². The zero-order valence-corrected chi connectivity index (χ0v) is 8.41. The molecular formula is C13H16O. The lowest BCUT2D eigenvalue weighted by molar-refractivity contribution is 0.501. The second-order valence-electron chi connectivity index (χ2n) is 3.72. The van der Waals surface area contributed by atoms with Crippen LogP contribution in [0.4, 0.5) is 0 Å². The fourth-order valence-corrected chi connectivity index (χ4v) is 1.81. The van der Waals surface area contributed by atoms with Gasteiger partial charge in [0.2, 0.25) is 0 Å². The Hall–Kier alpha value is -1.24. The number of furan rings is 1. The average molecular weight is 188 g/mol. The lowest BCUT2D eigenvalue weighted by Gasteiger charge is -2.07. The van der Waals surface area contributed by atoms with Crippen LogP contribution < -0.4 is 0 Å². The van der Waals surface area contributed by atoms with E-state index in [0.29, 0.717) is 0 Å². The monoisotopic (exact) mass is 188 g/mol. The highest BCUT2D eigenvalue weighted by Gasteiger charge is 2.01.